The zero-order valence-electron chi connectivity index (χ0n) is 7.08. The van der Waals surface area contributed by atoms with Crippen molar-refractivity contribution in [3.63, 3.8) is 0 Å². The van der Waals surface area contributed by atoms with Gasteiger partial charge in [-0.15, -0.1) is 0 Å². The molecule has 0 saturated carbocycles. The smallest absolute Gasteiger partial charge is 0.418 e. The summed E-state index contributed by atoms with van der Waals surface area (Å²) in [5.41, 5.74) is 4.48. The molecule has 6 nitrogen and oxygen atoms in total. The number of carboxylic acids is 1. The molecule has 0 aliphatic rings. The van der Waals surface area contributed by atoms with Crippen molar-refractivity contribution in [3.8, 4) is 0 Å². The number of aliphatic carboxylic acids is 1. The van der Waals surface area contributed by atoms with Gasteiger partial charge in [-0.1, -0.05) is 0 Å². The van der Waals surface area contributed by atoms with E-state index in [9.17, 15) is 22.8 Å². The van der Waals surface area contributed by atoms with Gasteiger partial charge in [-0.2, -0.15) is 18.3 Å². The Balaban J connectivity index is 4.76. The number of hydrogen-bond donors (Lipinski definition) is 3. The van der Waals surface area contributed by atoms with E-state index in [1.54, 1.807) is 0 Å². The van der Waals surface area contributed by atoms with Crippen LogP contribution in [0.2, 0.25) is 0 Å². The first-order chi connectivity index (χ1) is 6.73. The van der Waals surface area contributed by atoms with Crippen LogP contribution in [0.1, 0.15) is 0 Å². The molecule has 2 amide bonds. The lowest BCUT2D eigenvalue weighted by Crippen LogP contribution is -2.25. The number of carboxylic acid groups (broad SMARTS) is 1. The van der Waals surface area contributed by atoms with Crippen molar-refractivity contribution in [1.82, 2.24) is 5.43 Å². The summed E-state index contributed by atoms with van der Waals surface area (Å²) in [7, 11) is 0. The molecule has 0 unspecified atom stereocenters. The van der Waals surface area contributed by atoms with E-state index in [2.05, 4.69) is 10.8 Å². The fourth-order valence-corrected chi connectivity index (χ4v) is 0.491. The van der Waals surface area contributed by atoms with Gasteiger partial charge in [-0.05, 0) is 0 Å². The number of carbonyl (C=O) groups is 2. The molecule has 0 fully saturated rings. The maximum absolute atomic E-state index is 12.0. The monoisotopic (exact) mass is 225 g/mol. The Kier molecular flexibility index (Phi) is 4.30. The highest BCUT2D eigenvalue weighted by Crippen LogP contribution is 2.23. The molecule has 9 heteroatoms. The Morgan fingerprint density at radius 1 is 1.40 bits per heavy atom. The van der Waals surface area contributed by atoms with Gasteiger partial charge >= 0.3 is 18.2 Å². The Hall–Kier alpha value is -2.06. The van der Waals surface area contributed by atoms with Crippen LogP contribution in [0.5, 0.6) is 0 Å². The van der Waals surface area contributed by atoms with E-state index in [0.29, 0.717) is 0 Å². The number of amides is 2. The fraction of sp³-hybridized carbons (Fsp3) is 0.167. The highest BCUT2D eigenvalue weighted by molar-refractivity contribution is 5.91. The highest BCUT2D eigenvalue weighted by atomic mass is 19.4. The first-order valence-electron chi connectivity index (χ1n) is 3.34. The van der Waals surface area contributed by atoms with Crippen LogP contribution < -0.4 is 11.2 Å². The minimum atomic E-state index is -4.87. The second-order valence-corrected chi connectivity index (χ2v) is 2.17. The van der Waals surface area contributed by atoms with E-state index in [1.165, 1.54) is 5.43 Å². The molecule has 0 aliphatic carbocycles. The quantitative estimate of drug-likeness (QED) is 0.363. The third kappa shape index (κ3) is 6.07. The zero-order chi connectivity index (χ0) is 12.1. The van der Waals surface area contributed by atoms with Crippen LogP contribution in [0.4, 0.5) is 18.0 Å². The SMILES string of the molecule is NC(=O)N/N=C/C(=C\C(=O)O)C(F)(F)F. The molecular formula is C6H6F3N3O3. The first-order valence-corrected chi connectivity index (χ1v) is 3.34. The summed E-state index contributed by atoms with van der Waals surface area (Å²) < 4.78 is 36.1. The van der Waals surface area contributed by atoms with Crippen molar-refractivity contribution >= 4 is 18.2 Å². The maximum Gasteiger partial charge on any atom is 0.418 e. The average molecular weight is 225 g/mol. The summed E-state index contributed by atoms with van der Waals surface area (Å²) in [6.45, 7) is 0. The van der Waals surface area contributed by atoms with Crippen molar-refractivity contribution in [1.29, 1.82) is 0 Å². The number of primary amides is 1. The molecule has 0 radical (unpaired) electrons. The van der Waals surface area contributed by atoms with Crippen molar-refractivity contribution in [2.75, 3.05) is 0 Å². The number of rotatable bonds is 3. The minimum Gasteiger partial charge on any atom is -0.478 e. The van der Waals surface area contributed by atoms with E-state index in [0.717, 1.165) is 0 Å². The summed E-state index contributed by atoms with van der Waals surface area (Å²) >= 11 is 0. The number of carbonyl (C=O) groups excluding carboxylic acids is 1. The number of urea groups is 1. The largest absolute Gasteiger partial charge is 0.478 e. The Morgan fingerprint density at radius 3 is 2.27 bits per heavy atom. The molecule has 0 saturated heterocycles. The van der Waals surface area contributed by atoms with E-state index in [-0.39, 0.29) is 12.3 Å². The molecule has 0 atom stereocenters. The van der Waals surface area contributed by atoms with Crippen LogP contribution in [-0.4, -0.2) is 29.5 Å². The van der Waals surface area contributed by atoms with Crippen molar-refractivity contribution < 1.29 is 27.9 Å². The van der Waals surface area contributed by atoms with Crippen LogP contribution in [0, 0.1) is 0 Å². The second-order valence-electron chi connectivity index (χ2n) is 2.17. The molecule has 15 heavy (non-hydrogen) atoms. The normalized spacial score (nSPS) is 12.9. The number of hydrogen-bond acceptors (Lipinski definition) is 3. The molecule has 0 heterocycles. The third-order valence-corrected chi connectivity index (χ3v) is 0.985. The number of halogens is 3. The fourth-order valence-electron chi connectivity index (χ4n) is 0.491. The van der Waals surface area contributed by atoms with Gasteiger partial charge in [0.15, 0.2) is 0 Å². The lowest BCUT2D eigenvalue weighted by atomic mass is 10.2. The summed E-state index contributed by atoms with van der Waals surface area (Å²) in [5, 5.41) is 10.9. The number of hydrazone groups is 1. The summed E-state index contributed by atoms with van der Waals surface area (Å²) in [6.07, 6.45) is -4.83. The molecule has 0 aromatic heterocycles. The van der Waals surface area contributed by atoms with Gasteiger partial charge in [0.25, 0.3) is 0 Å². The molecule has 4 N–H and O–H groups in total. The Labute approximate surface area is 81.2 Å². The van der Waals surface area contributed by atoms with E-state index >= 15 is 0 Å². The molecule has 84 valence electrons. The number of allylic oxidation sites excluding steroid dienone is 1. The van der Waals surface area contributed by atoms with Crippen LogP contribution in [0.25, 0.3) is 0 Å². The number of nitrogens with zero attached hydrogens (tertiary/aromatic N) is 1. The van der Waals surface area contributed by atoms with Gasteiger partial charge in [0.05, 0.1) is 11.8 Å². The van der Waals surface area contributed by atoms with Gasteiger partial charge in [0.2, 0.25) is 0 Å². The predicted octanol–water partition coefficient (Wildman–Crippen LogP) is 0.214. The number of nitrogens with two attached hydrogens (primary N) is 1. The van der Waals surface area contributed by atoms with E-state index in [4.69, 9.17) is 5.11 Å². The third-order valence-electron chi connectivity index (χ3n) is 0.985. The minimum absolute atomic E-state index is 0.0911. The van der Waals surface area contributed by atoms with Crippen LogP contribution >= 0.6 is 0 Å². The molecule has 0 spiro atoms. The molecule has 0 aromatic carbocycles. The van der Waals surface area contributed by atoms with Crippen LogP contribution in [0.15, 0.2) is 16.8 Å². The lowest BCUT2D eigenvalue weighted by molar-refractivity contribution is -0.132. The zero-order valence-corrected chi connectivity index (χ0v) is 7.08. The van der Waals surface area contributed by atoms with Crippen LogP contribution in [-0.2, 0) is 4.79 Å². The lowest BCUT2D eigenvalue weighted by Gasteiger charge is -2.05. The second kappa shape index (κ2) is 4.98. The van der Waals surface area contributed by atoms with Crippen molar-refractivity contribution in [2.24, 2.45) is 10.8 Å². The maximum atomic E-state index is 12.0. The standard InChI is InChI=1S/C6H6F3N3O3/c7-6(8,9)3(1-4(13)14)2-11-12-5(10)15/h1-2H,(H,13,14)(H3,10,12,15)/b3-1+,11-2+. The number of alkyl halides is 3. The average Bonchev–Trinajstić information content (AvgIpc) is 1.99. The highest BCUT2D eigenvalue weighted by Gasteiger charge is 2.33. The van der Waals surface area contributed by atoms with Crippen molar-refractivity contribution in [3.05, 3.63) is 11.6 Å². The Morgan fingerprint density at radius 2 is 1.93 bits per heavy atom. The molecule has 0 aliphatic heterocycles. The topological polar surface area (TPSA) is 105 Å². The van der Waals surface area contributed by atoms with Gasteiger partial charge in [0.1, 0.15) is 0 Å². The van der Waals surface area contributed by atoms with E-state index in [1.807, 2.05) is 0 Å². The summed E-state index contributed by atoms with van der Waals surface area (Å²) in [5.74, 6) is -1.78. The van der Waals surface area contributed by atoms with Gasteiger partial charge in [-0.25, -0.2) is 15.0 Å². The van der Waals surface area contributed by atoms with Crippen LogP contribution in [0.3, 0.4) is 0 Å². The number of nitrogens with one attached hydrogen (secondary N) is 1. The van der Waals surface area contributed by atoms with Gasteiger partial charge < -0.3 is 10.8 Å². The molecular weight excluding hydrogens is 219 g/mol. The van der Waals surface area contributed by atoms with Gasteiger partial charge in [0, 0.05) is 6.08 Å². The Bertz CT molecular complexity index is 321. The molecule has 0 bridgehead atoms. The summed E-state index contributed by atoms with van der Waals surface area (Å²) in [4.78, 5) is 20.0. The predicted molar refractivity (Wildman–Crippen MR) is 43.0 cm³/mol. The molecule has 0 rings (SSSR count). The van der Waals surface area contributed by atoms with E-state index < -0.39 is 23.7 Å². The first kappa shape index (κ1) is 12.9. The van der Waals surface area contributed by atoms with Crippen molar-refractivity contribution in [2.45, 2.75) is 6.18 Å². The van der Waals surface area contributed by atoms with Gasteiger partial charge in [-0.3, -0.25) is 0 Å². The molecule has 0 aromatic rings. The summed E-state index contributed by atoms with van der Waals surface area (Å²) in [6, 6.07) is -1.16.